The van der Waals surface area contributed by atoms with Crippen LogP contribution in [0.25, 0.3) is 0 Å². The van der Waals surface area contributed by atoms with Gasteiger partial charge in [-0.2, -0.15) is 6.42 Å². The summed E-state index contributed by atoms with van der Waals surface area (Å²) in [6.07, 6.45) is 3.65. The zero-order valence-corrected chi connectivity index (χ0v) is 9.78. The fourth-order valence-electron chi connectivity index (χ4n) is 0.250. The third-order valence-corrected chi connectivity index (χ3v) is 0.604. The Hall–Kier alpha value is 1.01. The van der Waals surface area contributed by atoms with E-state index in [9.17, 15) is 0 Å². The van der Waals surface area contributed by atoms with Crippen LogP contribution < -0.4 is 5.73 Å². The van der Waals surface area contributed by atoms with Crippen LogP contribution in [0, 0.1) is 45.1 Å². The van der Waals surface area contributed by atoms with Gasteiger partial charge in [0.2, 0.25) is 0 Å². The Morgan fingerprint density at radius 2 is 1.75 bits per heavy atom. The fraction of sp³-hybridized carbons (Fsp3) is 0.667. The summed E-state index contributed by atoms with van der Waals surface area (Å²) in [5, 5.41) is 0. The van der Waals surface area contributed by atoms with E-state index in [0.29, 0.717) is 0 Å². The van der Waals surface area contributed by atoms with Gasteiger partial charge in [-0.15, -0.1) is 0 Å². The van der Waals surface area contributed by atoms with Crippen molar-refractivity contribution >= 4 is 0 Å². The first-order valence-corrected chi connectivity index (χ1v) is 2.62. The molecule has 0 unspecified atom stereocenters. The van der Waals surface area contributed by atoms with E-state index in [1.807, 2.05) is 0 Å². The van der Waals surface area contributed by atoms with Crippen molar-refractivity contribution in [2.24, 2.45) is 5.73 Å². The predicted molar refractivity (Wildman–Crippen MR) is 34.4 cm³/mol. The summed E-state index contributed by atoms with van der Waals surface area (Å²) in [7, 11) is 2.75. The van der Waals surface area contributed by atoms with Gasteiger partial charge < -0.3 is 12.7 Å². The summed E-state index contributed by atoms with van der Waals surface area (Å²) in [5.41, 5.74) is 4.25. The minimum Gasteiger partial charge on any atom is -0.486 e. The van der Waals surface area contributed by atoms with Gasteiger partial charge in [-0.3, -0.25) is 7.05 Å². The standard InChI is InChI=1S/C5H11.CH4N.U/c1-3-5-4-2;1-2;/h1,3-5H2,2H3;1-2H2;/q2*-1;+2. The maximum atomic E-state index is 4.25. The molecule has 0 rings (SSSR count). The van der Waals surface area contributed by atoms with E-state index in [1.165, 1.54) is 12.8 Å². The van der Waals surface area contributed by atoms with Crippen LogP contribution in [-0.2, 0) is 0 Å². The van der Waals surface area contributed by atoms with Gasteiger partial charge in [-0.1, -0.05) is 19.8 Å². The Balaban J connectivity index is -0.0000000750. The van der Waals surface area contributed by atoms with Crippen molar-refractivity contribution in [3.05, 3.63) is 14.0 Å². The summed E-state index contributed by atoms with van der Waals surface area (Å²) < 4.78 is 0. The van der Waals surface area contributed by atoms with E-state index < -0.39 is 0 Å². The molecule has 0 radical (unpaired) electrons. The van der Waals surface area contributed by atoms with Crippen LogP contribution >= 0.6 is 0 Å². The molecule has 0 aromatic rings. The first-order valence-electron chi connectivity index (χ1n) is 2.62. The quantitative estimate of drug-likeness (QED) is 0.763. The van der Waals surface area contributed by atoms with E-state index in [4.69, 9.17) is 0 Å². The van der Waals surface area contributed by atoms with Crippen molar-refractivity contribution in [3.63, 3.8) is 0 Å². The molecule has 0 aliphatic heterocycles. The molecular weight excluding hydrogens is 324 g/mol. The normalized spacial score (nSPS) is 6.00. The Kier molecular flexibility index (Phi) is 49.0. The maximum Gasteiger partial charge on any atom is 2.00 e. The van der Waals surface area contributed by atoms with Crippen molar-refractivity contribution in [2.75, 3.05) is 0 Å². The van der Waals surface area contributed by atoms with Crippen LogP contribution in [0.3, 0.4) is 0 Å². The Morgan fingerprint density at radius 3 is 1.75 bits per heavy atom. The van der Waals surface area contributed by atoms with Crippen LogP contribution in [0.1, 0.15) is 26.2 Å². The second-order valence-corrected chi connectivity index (χ2v) is 1.21. The molecule has 0 aromatic carbocycles. The second-order valence-electron chi connectivity index (χ2n) is 1.21. The molecule has 2 N–H and O–H groups in total. The molecule has 0 bridgehead atoms. The van der Waals surface area contributed by atoms with Crippen molar-refractivity contribution in [3.8, 4) is 0 Å². The van der Waals surface area contributed by atoms with Crippen LogP contribution in [0.15, 0.2) is 0 Å². The third-order valence-electron chi connectivity index (χ3n) is 0.604. The zero-order chi connectivity index (χ0) is 6.12. The smallest absolute Gasteiger partial charge is 0.486 e. The molecule has 0 heterocycles. The van der Waals surface area contributed by atoms with Gasteiger partial charge in [0.1, 0.15) is 0 Å². The molecule has 1 nitrogen and oxygen atoms in total. The molecule has 2 heteroatoms. The summed E-state index contributed by atoms with van der Waals surface area (Å²) >= 11 is 0. The molecule has 0 aliphatic carbocycles. The van der Waals surface area contributed by atoms with Gasteiger partial charge >= 0.3 is 31.1 Å². The second kappa shape index (κ2) is 24.5. The van der Waals surface area contributed by atoms with Gasteiger partial charge in [0.25, 0.3) is 0 Å². The number of hydrogen-bond acceptors (Lipinski definition) is 1. The average molecular weight is 339 g/mol. The first-order chi connectivity index (χ1) is 3.41. The number of nitrogens with two attached hydrogens (primary N) is 1. The van der Waals surface area contributed by atoms with Crippen molar-refractivity contribution in [2.45, 2.75) is 26.2 Å². The number of hydrogen-bond donors (Lipinski definition) is 1. The minimum absolute atomic E-state index is 0. The molecule has 0 saturated carbocycles. The molecule has 48 valence electrons. The molecular formula is C6H15NU. The van der Waals surface area contributed by atoms with E-state index in [2.05, 4.69) is 26.6 Å². The summed E-state index contributed by atoms with van der Waals surface area (Å²) in [6.45, 7) is 5.85. The Labute approximate surface area is 76.8 Å². The van der Waals surface area contributed by atoms with E-state index in [1.54, 1.807) is 0 Å². The molecule has 0 spiro atoms. The molecule has 0 saturated heterocycles. The first kappa shape index (κ1) is 16.0. The zero-order valence-electron chi connectivity index (χ0n) is 5.61. The molecule has 8 heavy (non-hydrogen) atoms. The van der Waals surface area contributed by atoms with Crippen molar-refractivity contribution in [1.82, 2.24) is 0 Å². The third kappa shape index (κ3) is 27.9. The minimum atomic E-state index is 0. The van der Waals surface area contributed by atoms with Gasteiger partial charge in [0.15, 0.2) is 0 Å². The summed E-state index contributed by atoms with van der Waals surface area (Å²) in [5.74, 6) is 0. The van der Waals surface area contributed by atoms with Crippen molar-refractivity contribution in [1.29, 1.82) is 0 Å². The average Bonchev–Trinajstić information content (AvgIpc) is 1.75. The van der Waals surface area contributed by atoms with Gasteiger partial charge in [0.05, 0.1) is 0 Å². The van der Waals surface area contributed by atoms with Gasteiger partial charge in [-0.25, -0.2) is 0 Å². The van der Waals surface area contributed by atoms with Crippen molar-refractivity contribution < 1.29 is 31.1 Å². The van der Waals surface area contributed by atoms with Crippen LogP contribution in [0.4, 0.5) is 0 Å². The van der Waals surface area contributed by atoms with Crippen LogP contribution in [0.5, 0.6) is 0 Å². The Morgan fingerprint density at radius 1 is 1.38 bits per heavy atom. The van der Waals surface area contributed by atoms with Crippen LogP contribution in [0.2, 0.25) is 0 Å². The van der Waals surface area contributed by atoms with Crippen LogP contribution in [-0.4, -0.2) is 0 Å². The molecule has 0 fully saturated rings. The molecule has 0 aromatic heterocycles. The molecule has 0 aliphatic rings. The largest absolute Gasteiger partial charge is 2.00 e. The monoisotopic (exact) mass is 339 g/mol. The maximum absolute atomic E-state index is 4.25. The predicted octanol–water partition coefficient (Wildman–Crippen LogP) is 1.75. The van der Waals surface area contributed by atoms with E-state index >= 15 is 0 Å². The summed E-state index contributed by atoms with van der Waals surface area (Å²) in [6, 6.07) is 0. The molecule has 0 amide bonds. The topological polar surface area (TPSA) is 26.0 Å². The summed E-state index contributed by atoms with van der Waals surface area (Å²) in [4.78, 5) is 0. The fourth-order valence-corrected chi connectivity index (χ4v) is 0.250. The Bertz CT molecular complexity index is 16.0. The van der Waals surface area contributed by atoms with E-state index in [0.717, 1.165) is 6.42 Å². The van der Waals surface area contributed by atoms with Gasteiger partial charge in [-0.05, 0) is 0 Å². The SMILES string of the molecule is [CH2-]CCCC.[CH2-]N.[U+2]. The van der Waals surface area contributed by atoms with Gasteiger partial charge in [0, 0.05) is 0 Å². The van der Waals surface area contributed by atoms with E-state index in [-0.39, 0.29) is 31.1 Å². The molecule has 0 atom stereocenters. The number of unbranched alkanes of at least 4 members (excludes halogenated alkanes) is 2. The number of rotatable bonds is 2.